The number of piperidine rings is 1. The first kappa shape index (κ1) is 21.0. The van der Waals surface area contributed by atoms with Gasteiger partial charge >= 0.3 is 0 Å². The fraction of sp³-hybridized carbons (Fsp3) is 0.348. The summed E-state index contributed by atoms with van der Waals surface area (Å²) in [6, 6.07) is 11.8. The quantitative estimate of drug-likeness (QED) is 0.578. The molecule has 0 spiro atoms. The molecule has 1 atom stereocenters. The number of hydrogen-bond acceptors (Lipinski definition) is 4. The lowest BCUT2D eigenvalue weighted by molar-refractivity contribution is 0.402. The van der Waals surface area contributed by atoms with Crippen LogP contribution in [-0.4, -0.2) is 27.6 Å². The summed E-state index contributed by atoms with van der Waals surface area (Å²) in [4.78, 5) is 23.7. The van der Waals surface area contributed by atoms with Crippen LogP contribution in [-0.2, 0) is 6.42 Å². The molecule has 2 aromatic heterocycles. The SMILES string of the molecule is Cc1cc(=O)n(-c2ccc(N3CCC(Cc4ccc(Cl)c(P)c4)CC3)nc2)c(C)n1. The molecule has 0 saturated carbocycles. The number of rotatable bonds is 4. The molecule has 1 saturated heterocycles. The third-order valence-corrected chi connectivity index (χ3v) is 6.73. The van der Waals surface area contributed by atoms with Crippen molar-refractivity contribution in [2.45, 2.75) is 33.1 Å². The van der Waals surface area contributed by atoms with E-state index in [4.69, 9.17) is 11.6 Å². The number of anilines is 1. The van der Waals surface area contributed by atoms with E-state index < -0.39 is 0 Å². The molecule has 0 N–H and O–H groups in total. The molecule has 0 aliphatic carbocycles. The van der Waals surface area contributed by atoms with E-state index in [-0.39, 0.29) is 5.56 Å². The minimum absolute atomic E-state index is 0.0776. The summed E-state index contributed by atoms with van der Waals surface area (Å²) in [7, 11) is 2.71. The van der Waals surface area contributed by atoms with Crippen molar-refractivity contribution in [1.82, 2.24) is 14.5 Å². The number of benzene rings is 1. The van der Waals surface area contributed by atoms with Crippen LogP contribution in [0.1, 0.15) is 29.9 Å². The summed E-state index contributed by atoms with van der Waals surface area (Å²) >= 11 is 6.13. The third kappa shape index (κ3) is 4.58. The molecule has 7 heteroatoms. The predicted molar refractivity (Wildman–Crippen MR) is 127 cm³/mol. The molecule has 5 nitrogen and oxygen atoms in total. The van der Waals surface area contributed by atoms with E-state index in [1.54, 1.807) is 16.8 Å². The number of nitrogens with zero attached hydrogens (tertiary/aromatic N) is 4. The van der Waals surface area contributed by atoms with Gasteiger partial charge in [-0.2, -0.15) is 0 Å². The molecular formula is C23H26ClN4OP. The summed E-state index contributed by atoms with van der Waals surface area (Å²) in [5.74, 6) is 2.30. The van der Waals surface area contributed by atoms with Gasteiger partial charge in [0.2, 0.25) is 0 Å². The lowest BCUT2D eigenvalue weighted by Crippen LogP contribution is -2.35. The Kier molecular flexibility index (Phi) is 6.21. The Bertz CT molecular complexity index is 1110. The fourth-order valence-electron chi connectivity index (χ4n) is 4.17. The number of aryl methyl sites for hydroxylation is 2. The van der Waals surface area contributed by atoms with Crippen molar-refractivity contribution in [2.24, 2.45) is 5.92 Å². The van der Waals surface area contributed by atoms with E-state index >= 15 is 0 Å². The molecule has 1 aliphatic heterocycles. The summed E-state index contributed by atoms with van der Waals surface area (Å²) in [6.45, 7) is 5.65. The van der Waals surface area contributed by atoms with Crippen molar-refractivity contribution in [3.05, 3.63) is 75.1 Å². The van der Waals surface area contributed by atoms with Gasteiger partial charge in [-0.1, -0.05) is 23.7 Å². The van der Waals surface area contributed by atoms with E-state index in [9.17, 15) is 4.79 Å². The van der Waals surface area contributed by atoms with Gasteiger partial charge < -0.3 is 4.90 Å². The van der Waals surface area contributed by atoms with E-state index in [0.717, 1.165) is 59.9 Å². The molecule has 1 aromatic carbocycles. The number of hydrogen-bond donors (Lipinski definition) is 0. The molecule has 4 rings (SSSR count). The van der Waals surface area contributed by atoms with Crippen molar-refractivity contribution < 1.29 is 0 Å². The van der Waals surface area contributed by atoms with Crippen LogP contribution in [0, 0.1) is 19.8 Å². The zero-order chi connectivity index (χ0) is 21.3. The van der Waals surface area contributed by atoms with Crippen LogP contribution in [0.15, 0.2) is 47.4 Å². The first-order valence-corrected chi connectivity index (χ1v) is 11.2. The van der Waals surface area contributed by atoms with Crippen molar-refractivity contribution in [1.29, 1.82) is 0 Å². The van der Waals surface area contributed by atoms with Crippen molar-refractivity contribution in [3.8, 4) is 5.69 Å². The fourth-order valence-corrected chi connectivity index (χ4v) is 4.60. The van der Waals surface area contributed by atoms with Crippen LogP contribution in [0.25, 0.3) is 5.69 Å². The van der Waals surface area contributed by atoms with Gasteiger partial charge in [0.25, 0.3) is 5.56 Å². The maximum Gasteiger partial charge on any atom is 0.258 e. The Balaban J connectivity index is 1.40. The molecule has 30 heavy (non-hydrogen) atoms. The van der Waals surface area contributed by atoms with Crippen LogP contribution >= 0.6 is 20.8 Å². The molecule has 0 amide bonds. The predicted octanol–water partition coefficient (Wildman–Crippen LogP) is 3.86. The highest BCUT2D eigenvalue weighted by Gasteiger charge is 2.21. The van der Waals surface area contributed by atoms with Crippen LogP contribution in [0.3, 0.4) is 0 Å². The van der Waals surface area contributed by atoms with Crippen molar-refractivity contribution >= 4 is 32.0 Å². The Morgan fingerprint density at radius 1 is 1.13 bits per heavy atom. The lowest BCUT2D eigenvalue weighted by atomic mass is 9.90. The van der Waals surface area contributed by atoms with Crippen LogP contribution in [0.4, 0.5) is 5.82 Å². The highest BCUT2D eigenvalue weighted by molar-refractivity contribution is 7.28. The second-order valence-corrected chi connectivity index (χ2v) is 9.01. The van der Waals surface area contributed by atoms with E-state index in [2.05, 4.69) is 36.2 Å². The standard InChI is InChI=1S/C23H26ClN4OP/c1-15-11-23(29)28(16(2)26-15)19-4-6-22(25-14-19)27-9-7-17(8-10-27)12-18-3-5-20(24)21(30)13-18/h3-6,11,13-14,17H,7-10,12,30H2,1-2H3. The van der Waals surface area contributed by atoms with Gasteiger partial charge in [0, 0.05) is 29.9 Å². The molecular weight excluding hydrogens is 415 g/mol. The van der Waals surface area contributed by atoms with Gasteiger partial charge in [0.05, 0.1) is 11.9 Å². The zero-order valence-electron chi connectivity index (χ0n) is 17.3. The van der Waals surface area contributed by atoms with Crippen LogP contribution < -0.4 is 15.8 Å². The van der Waals surface area contributed by atoms with Gasteiger partial charge in [-0.05, 0) is 68.1 Å². The largest absolute Gasteiger partial charge is 0.357 e. The average Bonchev–Trinajstić information content (AvgIpc) is 2.71. The summed E-state index contributed by atoms with van der Waals surface area (Å²) in [5, 5.41) is 1.86. The lowest BCUT2D eigenvalue weighted by Gasteiger charge is -2.33. The maximum absolute atomic E-state index is 12.3. The summed E-state index contributed by atoms with van der Waals surface area (Å²) in [6.07, 6.45) is 5.12. The minimum atomic E-state index is -0.0776. The zero-order valence-corrected chi connectivity index (χ0v) is 19.2. The van der Waals surface area contributed by atoms with Gasteiger partial charge in [0.15, 0.2) is 0 Å². The van der Waals surface area contributed by atoms with E-state index in [1.165, 1.54) is 5.56 Å². The summed E-state index contributed by atoms with van der Waals surface area (Å²) < 4.78 is 1.60. The topological polar surface area (TPSA) is 51.0 Å². The minimum Gasteiger partial charge on any atom is -0.357 e. The highest BCUT2D eigenvalue weighted by Crippen LogP contribution is 2.25. The Labute approximate surface area is 184 Å². The van der Waals surface area contributed by atoms with Gasteiger partial charge in [-0.15, -0.1) is 9.24 Å². The molecule has 3 aromatic rings. The Morgan fingerprint density at radius 3 is 2.53 bits per heavy atom. The molecule has 3 heterocycles. The van der Waals surface area contributed by atoms with Gasteiger partial charge in [-0.3, -0.25) is 9.36 Å². The Hall–Kier alpha value is -2.23. The van der Waals surface area contributed by atoms with Crippen LogP contribution in [0.2, 0.25) is 5.02 Å². The number of aromatic nitrogens is 3. The second-order valence-electron chi connectivity index (χ2n) is 7.98. The summed E-state index contributed by atoms with van der Waals surface area (Å²) in [5.41, 5.74) is 2.75. The normalized spacial score (nSPS) is 14.9. The Morgan fingerprint density at radius 2 is 1.90 bits per heavy atom. The van der Waals surface area contributed by atoms with Crippen molar-refractivity contribution in [2.75, 3.05) is 18.0 Å². The molecule has 0 bridgehead atoms. The maximum atomic E-state index is 12.3. The monoisotopic (exact) mass is 440 g/mol. The first-order valence-electron chi connectivity index (χ1n) is 10.2. The molecule has 1 fully saturated rings. The van der Waals surface area contributed by atoms with E-state index in [1.807, 2.05) is 32.0 Å². The van der Waals surface area contributed by atoms with E-state index in [0.29, 0.717) is 11.7 Å². The average molecular weight is 441 g/mol. The second kappa shape index (κ2) is 8.87. The smallest absolute Gasteiger partial charge is 0.258 e. The molecule has 1 unspecified atom stereocenters. The highest BCUT2D eigenvalue weighted by atomic mass is 35.5. The third-order valence-electron chi connectivity index (χ3n) is 5.73. The first-order chi connectivity index (χ1) is 14.4. The number of pyridine rings is 1. The molecule has 1 aliphatic rings. The number of halogens is 1. The van der Waals surface area contributed by atoms with Crippen molar-refractivity contribution in [3.63, 3.8) is 0 Å². The van der Waals surface area contributed by atoms with Gasteiger partial charge in [-0.25, -0.2) is 9.97 Å². The van der Waals surface area contributed by atoms with Crippen LogP contribution in [0.5, 0.6) is 0 Å². The molecule has 0 radical (unpaired) electrons. The molecule has 156 valence electrons. The van der Waals surface area contributed by atoms with Gasteiger partial charge in [0.1, 0.15) is 11.6 Å².